The number of carbonyl (C=O) groups is 1. The van der Waals surface area contributed by atoms with Crippen LogP contribution < -0.4 is 5.73 Å². The Labute approximate surface area is 101 Å². The van der Waals surface area contributed by atoms with Gasteiger partial charge in [0.2, 0.25) is 5.91 Å². The van der Waals surface area contributed by atoms with Crippen molar-refractivity contribution in [3.63, 3.8) is 0 Å². The highest BCUT2D eigenvalue weighted by Crippen LogP contribution is 2.36. The maximum absolute atomic E-state index is 12.0. The predicted octanol–water partition coefficient (Wildman–Crippen LogP) is 1.10. The molecule has 0 spiro atoms. The van der Waals surface area contributed by atoms with E-state index in [4.69, 9.17) is 5.73 Å². The van der Waals surface area contributed by atoms with Crippen LogP contribution >= 0.6 is 0 Å². The molecule has 0 aliphatic carbocycles. The maximum atomic E-state index is 12.0. The van der Waals surface area contributed by atoms with Gasteiger partial charge in [0.05, 0.1) is 24.2 Å². The molecule has 0 radical (unpaired) electrons. The van der Waals surface area contributed by atoms with Crippen LogP contribution in [0, 0.1) is 6.92 Å². The Hall–Kier alpha value is -1.52. The summed E-state index contributed by atoms with van der Waals surface area (Å²) in [6.45, 7) is 2.84. The summed E-state index contributed by atoms with van der Waals surface area (Å²) in [5.41, 5.74) is 6.88. The Morgan fingerprint density at radius 2 is 2.24 bits per heavy atom. The minimum Gasteiger partial charge on any atom is -0.384 e. The van der Waals surface area contributed by atoms with Gasteiger partial charge in [-0.3, -0.25) is 4.79 Å². The van der Waals surface area contributed by atoms with Crippen LogP contribution in [0.2, 0.25) is 0 Å². The molecule has 2 atom stereocenters. The third-order valence-electron chi connectivity index (χ3n) is 3.90. The topological polar surface area (TPSA) is 64.2 Å². The molecule has 1 aromatic rings. The fourth-order valence-electron chi connectivity index (χ4n) is 3.15. The van der Waals surface area contributed by atoms with Crippen LogP contribution in [0.15, 0.2) is 6.07 Å². The van der Waals surface area contributed by atoms with E-state index in [2.05, 4.69) is 5.10 Å². The fraction of sp³-hybridized carbons (Fsp3) is 0.667. The van der Waals surface area contributed by atoms with E-state index in [1.54, 1.807) is 0 Å². The van der Waals surface area contributed by atoms with Crippen molar-refractivity contribution in [2.24, 2.45) is 0 Å². The van der Waals surface area contributed by atoms with Gasteiger partial charge in [-0.2, -0.15) is 5.10 Å². The van der Waals surface area contributed by atoms with E-state index < -0.39 is 0 Å². The average molecular weight is 234 g/mol. The number of amides is 1. The Morgan fingerprint density at radius 1 is 1.41 bits per heavy atom. The molecule has 0 aromatic carbocycles. The summed E-state index contributed by atoms with van der Waals surface area (Å²) in [7, 11) is 0. The Balaban J connectivity index is 1.93. The number of rotatable bonds is 1. The van der Waals surface area contributed by atoms with Crippen LogP contribution in [0.5, 0.6) is 0 Å². The molecule has 92 valence electrons. The molecule has 0 bridgehead atoms. The molecule has 2 fully saturated rings. The molecular formula is C12H18N4O. The lowest BCUT2D eigenvalue weighted by atomic mass is 9.99. The van der Waals surface area contributed by atoms with Gasteiger partial charge in [0.1, 0.15) is 5.82 Å². The van der Waals surface area contributed by atoms with E-state index in [9.17, 15) is 4.79 Å². The van der Waals surface area contributed by atoms with Crippen LogP contribution in [0.4, 0.5) is 5.82 Å². The lowest BCUT2D eigenvalue weighted by Gasteiger charge is -2.32. The molecule has 2 unspecified atom stereocenters. The minimum atomic E-state index is 0.136. The number of aryl methyl sites for hydroxylation is 1. The average Bonchev–Trinajstić information content (AvgIpc) is 2.80. The second-order valence-electron chi connectivity index (χ2n) is 5.08. The Kier molecular flexibility index (Phi) is 2.34. The Bertz CT molecular complexity index is 453. The van der Waals surface area contributed by atoms with Gasteiger partial charge in [-0.05, 0) is 26.2 Å². The second-order valence-corrected chi connectivity index (χ2v) is 5.08. The van der Waals surface area contributed by atoms with Crippen molar-refractivity contribution in [2.75, 3.05) is 12.3 Å². The normalized spacial score (nSPS) is 28.5. The summed E-state index contributed by atoms with van der Waals surface area (Å²) < 4.78 is 1.85. The summed E-state index contributed by atoms with van der Waals surface area (Å²) in [6, 6.07) is 2.31. The molecule has 3 heterocycles. The van der Waals surface area contributed by atoms with Gasteiger partial charge in [-0.15, -0.1) is 0 Å². The number of hydrogen-bond donors (Lipinski definition) is 1. The maximum Gasteiger partial charge on any atom is 0.225 e. The number of nitrogens with zero attached hydrogens (tertiary/aromatic N) is 3. The van der Waals surface area contributed by atoms with Crippen molar-refractivity contribution < 1.29 is 4.79 Å². The van der Waals surface area contributed by atoms with E-state index in [1.807, 2.05) is 22.6 Å². The van der Waals surface area contributed by atoms with E-state index in [1.165, 1.54) is 6.42 Å². The first kappa shape index (κ1) is 10.6. The summed E-state index contributed by atoms with van der Waals surface area (Å²) in [4.78, 5) is 14.0. The third kappa shape index (κ3) is 1.61. The number of piperidine rings is 1. The first-order valence-corrected chi connectivity index (χ1v) is 6.28. The Morgan fingerprint density at radius 3 is 2.94 bits per heavy atom. The zero-order valence-electron chi connectivity index (χ0n) is 10.1. The van der Waals surface area contributed by atoms with Gasteiger partial charge in [0.15, 0.2) is 0 Å². The van der Waals surface area contributed by atoms with Gasteiger partial charge < -0.3 is 10.6 Å². The van der Waals surface area contributed by atoms with Gasteiger partial charge >= 0.3 is 0 Å². The number of carbonyl (C=O) groups excluding carboxylic acids is 1. The van der Waals surface area contributed by atoms with Gasteiger partial charge in [-0.25, -0.2) is 4.68 Å². The first-order chi connectivity index (χ1) is 8.16. The summed E-state index contributed by atoms with van der Waals surface area (Å²) in [5, 5.41) is 4.43. The molecule has 2 saturated heterocycles. The standard InChI is InChI=1S/C12H18N4O/c1-8-6-11(13)16(14-8)10-7-12(17)15-5-3-2-4-9(10)15/h6,9-10H,2-5,7,13H2,1H3. The van der Waals surface area contributed by atoms with E-state index >= 15 is 0 Å². The third-order valence-corrected chi connectivity index (χ3v) is 3.90. The number of fused-ring (bicyclic) bond motifs is 1. The monoisotopic (exact) mass is 234 g/mol. The molecule has 0 saturated carbocycles. The molecule has 5 heteroatoms. The van der Waals surface area contributed by atoms with Crippen molar-refractivity contribution in [2.45, 2.75) is 44.7 Å². The number of nitrogens with two attached hydrogens (primary N) is 1. The van der Waals surface area contributed by atoms with E-state index in [0.717, 1.165) is 25.1 Å². The van der Waals surface area contributed by atoms with Gasteiger partial charge in [-0.1, -0.05) is 0 Å². The first-order valence-electron chi connectivity index (χ1n) is 6.28. The molecule has 5 nitrogen and oxygen atoms in total. The summed E-state index contributed by atoms with van der Waals surface area (Å²) >= 11 is 0. The molecule has 17 heavy (non-hydrogen) atoms. The molecule has 2 aliphatic rings. The van der Waals surface area contributed by atoms with Crippen LogP contribution in [-0.4, -0.2) is 33.2 Å². The van der Waals surface area contributed by atoms with Crippen LogP contribution in [-0.2, 0) is 4.79 Å². The quantitative estimate of drug-likeness (QED) is 0.791. The SMILES string of the molecule is Cc1cc(N)n(C2CC(=O)N3CCCCC23)n1. The highest BCUT2D eigenvalue weighted by molar-refractivity contribution is 5.80. The molecule has 3 rings (SSSR count). The molecule has 2 aliphatic heterocycles. The van der Waals surface area contributed by atoms with Crippen molar-refractivity contribution in [3.05, 3.63) is 11.8 Å². The summed E-state index contributed by atoms with van der Waals surface area (Å²) in [6.07, 6.45) is 3.96. The number of hydrogen-bond acceptors (Lipinski definition) is 3. The largest absolute Gasteiger partial charge is 0.384 e. The van der Waals surface area contributed by atoms with E-state index in [0.29, 0.717) is 18.3 Å². The van der Waals surface area contributed by atoms with Crippen molar-refractivity contribution in [1.82, 2.24) is 14.7 Å². The van der Waals surface area contributed by atoms with Crippen molar-refractivity contribution >= 4 is 11.7 Å². The zero-order chi connectivity index (χ0) is 12.0. The van der Waals surface area contributed by atoms with Crippen LogP contribution in [0.3, 0.4) is 0 Å². The zero-order valence-corrected chi connectivity index (χ0v) is 10.1. The summed E-state index contributed by atoms with van der Waals surface area (Å²) in [5.74, 6) is 0.931. The molecule has 1 aromatic heterocycles. The number of anilines is 1. The molecule has 2 N–H and O–H groups in total. The minimum absolute atomic E-state index is 0.136. The lowest BCUT2D eigenvalue weighted by Crippen LogP contribution is -2.40. The van der Waals surface area contributed by atoms with Gasteiger partial charge in [0, 0.05) is 12.6 Å². The van der Waals surface area contributed by atoms with E-state index in [-0.39, 0.29) is 11.9 Å². The second kappa shape index (κ2) is 3.75. The predicted molar refractivity (Wildman–Crippen MR) is 64.4 cm³/mol. The highest BCUT2D eigenvalue weighted by atomic mass is 16.2. The molecule has 1 amide bonds. The fourth-order valence-corrected chi connectivity index (χ4v) is 3.15. The van der Waals surface area contributed by atoms with Crippen LogP contribution in [0.1, 0.15) is 37.4 Å². The van der Waals surface area contributed by atoms with Crippen LogP contribution in [0.25, 0.3) is 0 Å². The number of nitrogen functional groups attached to an aromatic ring is 1. The molecular weight excluding hydrogens is 216 g/mol. The van der Waals surface area contributed by atoms with Crippen molar-refractivity contribution in [1.29, 1.82) is 0 Å². The van der Waals surface area contributed by atoms with Crippen molar-refractivity contribution in [3.8, 4) is 0 Å². The number of aromatic nitrogens is 2. The smallest absolute Gasteiger partial charge is 0.225 e. The lowest BCUT2D eigenvalue weighted by molar-refractivity contribution is -0.129. The highest BCUT2D eigenvalue weighted by Gasteiger charge is 2.42. The van der Waals surface area contributed by atoms with Gasteiger partial charge in [0.25, 0.3) is 0 Å².